The second-order valence-electron chi connectivity index (χ2n) is 10.3. The van der Waals surface area contributed by atoms with Gasteiger partial charge in [-0.2, -0.15) is 13.2 Å². The van der Waals surface area contributed by atoms with Crippen LogP contribution in [0.2, 0.25) is 0 Å². The molecule has 206 valence electrons. The molecule has 37 heavy (non-hydrogen) atoms. The minimum atomic E-state index is -5.08. The lowest BCUT2D eigenvalue weighted by molar-refractivity contribution is -0.192. The van der Waals surface area contributed by atoms with Gasteiger partial charge in [-0.1, -0.05) is 19.9 Å². The summed E-state index contributed by atoms with van der Waals surface area (Å²) in [4.78, 5) is 41.8. The molecule has 3 aliphatic rings. The van der Waals surface area contributed by atoms with Crippen LogP contribution in [0.3, 0.4) is 0 Å². The van der Waals surface area contributed by atoms with Gasteiger partial charge in [0.2, 0.25) is 5.91 Å². The van der Waals surface area contributed by atoms with Crippen molar-refractivity contribution in [3.63, 3.8) is 0 Å². The van der Waals surface area contributed by atoms with Crippen LogP contribution in [0.15, 0.2) is 24.3 Å². The molecule has 0 radical (unpaired) electrons. The Hall–Kier alpha value is -2.82. The number of halogens is 3. The highest BCUT2D eigenvalue weighted by molar-refractivity contribution is 5.94. The summed E-state index contributed by atoms with van der Waals surface area (Å²) in [6.45, 7) is 11.7. The molecule has 2 atom stereocenters. The van der Waals surface area contributed by atoms with E-state index >= 15 is 0 Å². The van der Waals surface area contributed by atoms with Gasteiger partial charge in [0.15, 0.2) is 0 Å². The number of carboxylic acid groups (broad SMARTS) is 1. The number of alkyl halides is 3. The zero-order chi connectivity index (χ0) is 27.5. The number of carbonyl (C=O) groups excluding carboxylic acids is 2. The summed E-state index contributed by atoms with van der Waals surface area (Å²) in [7, 11) is 1.62. The fourth-order valence-electron chi connectivity index (χ4n) is 6.11. The molecule has 0 aromatic heterocycles. The van der Waals surface area contributed by atoms with Crippen molar-refractivity contribution < 1.29 is 37.4 Å². The van der Waals surface area contributed by atoms with E-state index in [9.17, 15) is 22.8 Å². The third kappa shape index (κ3) is 6.02. The summed E-state index contributed by atoms with van der Waals surface area (Å²) >= 11 is 0. The van der Waals surface area contributed by atoms with Crippen molar-refractivity contribution in [2.24, 2.45) is 17.8 Å². The van der Waals surface area contributed by atoms with Crippen molar-refractivity contribution >= 4 is 17.8 Å². The summed E-state index contributed by atoms with van der Waals surface area (Å²) in [6.07, 6.45) is -3.34. The molecule has 4 rings (SSSR count). The topological polar surface area (TPSA) is 90.4 Å². The minimum absolute atomic E-state index is 0.0560. The van der Waals surface area contributed by atoms with E-state index in [4.69, 9.17) is 14.6 Å². The number of fused-ring (bicyclic) bond motifs is 2. The SMILES string of the molecule is CCN1C(=O)[C@H]2CN(CC(C)C)C[C@H]2C12CCN(C(=O)c1cccc(OC)c1)CC2.O=C(O)C(F)(F)F. The van der Waals surface area contributed by atoms with Gasteiger partial charge < -0.3 is 24.5 Å². The number of amides is 2. The number of benzene rings is 1. The van der Waals surface area contributed by atoms with E-state index in [2.05, 4.69) is 30.6 Å². The largest absolute Gasteiger partial charge is 0.497 e. The summed E-state index contributed by atoms with van der Waals surface area (Å²) < 4.78 is 37.0. The fraction of sp³-hybridized carbons (Fsp3) is 0.654. The normalized spacial score (nSPS) is 23.2. The van der Waals surface area contributed by atoms with Crippen LogP contribution < -0.4 is 4.74 Å². The van der Waals surface area contributed by atoms with E-state index in [-0.39, 0.29) is 17.4 Å². The Kier molecular flexibility index (Phi) is 8.77. The Bertz CT molecular complexity index is 992. The van der Waals surface area contributed by atoms with Crippen LogP contribution in [0.5, 0.6) is 5.75 Å². The molecule has 3 fully saturated rings. The van der Waals surface area contributed by atoms with Crippen LogP contribution in [0.25, 0.3) is 0 Å². The average Bonchev–Trinajstić information content (AvgIpc) is 3.35. The molecule has 8 nitrogen and oxygen atoms in total. The smallest absolute Gasteiger partial charge is 0.490 e. The third-order valence-corrected chi connectivity index (χ3v) is 7.62. The van der Waals surface area contributed by atoms with Gasteiger partial charge in [-0.15, -0.1) is 0 Å². The first-order valence-corrected chi connectivity index (χ1v) is 12.6. The predicted molar refractivity (Wildman–Crippen MR) is 130 cm³/mol. The molecular formula is C26H36F3N3O5. The van der Waals surface area contributed by atoms with Crippen molar-refractivity contribution in [1.82, 2.24) is 14.7 Å². The number of carboxylic acids is 1. The first-order chi connectivity index (χ1) is 17.3. The fourth-order valence-corrected chi connectivity index (χ4v) is 6.11. The Balaban J connectivity index is 0.000000479. The zero-order valence-electron chi connectivity index (χ0n) is 21.8. The highest BCUT2D eigenvalue weighted by Crippen LogP contribution is 2.49. The second kappa shape index (κ2) is 11.3. The van der Waals surface area contributed by atoms with Crippen molar-refractivity contribution in [3.05, 3.63) is 29.8 Å². The highest BCUT2D eigenvalue weighted by Gasteiger charge is 2.61. The van der Waals surface area contributed by atoms with Crippen LogP contribution >= 0.6 is 0 Å². The van der Waals surface area contributed by atoms with Gasteiger partial charge >= 0.3 is 12.1 Å². The number of carbonyl (C=O) groups is 3. The van der Waals surface area contributed by atoms with E-state index in [1.807, 2.05) is 23.1 Å². The number of piperidine rings is 1. The number of methoxy groups -OCH3 is 1. The summed E-state index contributed by atoms with van der Waals surface area (Å²) in [5.41, 5.74) is 0.579. The van der Waals surface area contributed by atoms with Crippen molar-refractivity contribution in [1.29, 1.82) is 0 Å². The second-order valence-corrected chi connectivity index (χ2v) is 10.3. The van der Waals surface area contributed by atoms with Crippen LogP contribution in [-0.2, 0) is 9.59 Å². The third-order valence-electron chi connectivity index (χ3n) is 7.62. The standard InChI is InChI=1S/C24H35N3O3.C2HF3O2/c1-5-27-23(29)20-15-25(14-17(2)3)16-21(20)24(27)9-11-26(12-10-24)22(28)18-7-6-8-19(13-18)30-4;3-2(4,5)1(6)7/h6-8,13,17,20-21H,5,9-12,14-16H2,1-4H3;(H,6,7)/t20-,21+;/m0./s1. The zero-order valence-corrected chi connectivity index (χ0v) is 21.8. The first kappa shape index (κ1) is 28.7. The van der Waals surface area contributed by atoms with Crippen molar-refractivity contribution in [3.8, 4) is 5.75 Å². The first-order valence-electron chi connectivity index (χ1n) is 12.6. The lowest BCUT2D eigenvalue weighted by Gasteiger charge is -2.48. The highest BCUT2D eigenvalue weighted by atomic mass is 19.4. The molecule has 0 bridgehead atoms. The Morgan fingerprint density at radius 3 is 2.32 bits per heavy atom. The lowest BCUT2D eigenvalue weighted by Crippen LogP contribution is -2.57. The predicted octanol–water partition coefficient (Wildman–Crippen LogP) is 3.37. The molecule has 0 aliphatic carbocycles. The van der Waals surface area contributed by atoms with Crippen molar-refractivity contribution in [2.45, 2.75) is 45.3 Å². The molecule has 0 saturated carbocycles. The van der Waals surface area contributed by atoms with Gasteiger partial charge in [0.1, 0.15) is 5.75 Å². The summed E-state index contributed by atoms with van der Waals surface area (Å²) in [5.74, 6) is -0.539. The molecule has 2 amide bonds. The van der Waals surface area contributed by atoms with Gasteiger partial charge in [0.25, 0.3) is 5.91 Å². The number of rotatable bonds is 5. The lowest BCUT2D eigenvalue weighted by atomic mass is 9.74. The maximum Gasteiger partial charge on any atom is 0.490 e. The van der Waals surface area contributed by atoms with E-state index in [0.717, 1.165) is 39.0 Å². The number of nitrogens with zero attached hydrogens (tertiary/aromatic N) is 3. The minimum Gasteiger partial charge on any atom is -0.497 e. The van der Waals surface area contributed by atoms with Crippen LogP contribution in [0.1, 0.15) is 44.0 Å². The molecule has 1 aromatic carbocycles. The van der Waals surface area contributed by atoms with Gasteiger partial charge in [-0.3, -0.25) is 9.59 Å². The molecule has 1 N–H and O–H groups in total. The van der Waals surface area contributed by atoms with Crippen LogP contribution in [0, 0.1) is 17.8 Å². The molecule has 1 aromatic rings. The maximum absolute atomic E-state index is 13.2. The molecule has 0 unspecified atom stereocenters. The van der Waals surface area contributed by atoms with Crippen molar-refractivity contribution in [2.75, 3.05) is 46.4 Å². The van der Waals surface area contributed by atoms with Gasteiger partial charge in [-0.25, -0.2) is 4.79 Å². The maximum atomic E-state index is 13.2. The quantitative estimate of drug-likeness (QED) is 0.632. The Morgan fingerprint density at radius 2 is 1.81 bits per heavy atom. The van der Waals surface area contributed by atoms with E-state index in [1.54, 1.807) is 13.2 Å². The number of ether oxygens (including phenoxy) is 1. The molecule has 1 spiro atoms. The molecule has 3 aliphatic heterocycles. The van der Waals surface area contributed by atoms with E-state index in [0.29, 0.717) is 42.1 Å². The summed E-state index contributed by atoms with van der Waals surface area (Å²) in [5, 5.41) is 7.12. The molecule has 3 heterocycles. The number of aliphatic carboxylic acids is 1. The van der Waals surface area contributed by atoms with Gasteiger partial charge in [0.05, 0.1) is 18.6 Å². The number of hydrogen-bond acceptors (Lipinski definition) is 5. The monoisotopic (exact) mass is 527 g/mol. The molecule has 11 heteroatoms. The van der Waals surface area contributed by atoms with Gasteiger partial charge in [0, 0.05) is 50.7 Å². The Labute approximate surface area is 215 Å². The van der Waals surface area contributed by atoms with Crippen LogP contribution in [0.4, 0.5) is 13.2 Å². The molecular weight excluding hydrogens is 491 g/mol. The number of likely N-dealkylation sites (tertiary alicyclic amines) is 3. The average molecular weight is 528 g/mol. The van der Waals surface area contributed by atoms with E-state index < -0.39 is 12.1 Å². The van der Waals surface area contributed by atoms with Crippen LogP contribution in [-0.4, -0.2) is 95.7 Å². The number of hydrogen-bond donors (Lipinski definition) is 1. The van der Waals surface area contributed by atoms with Gasteiger partial charge in [-0.05, 0) is 43.9 Å². The Morgan fingerprint density at radius 1 is 1.19 bits per heavy atom. The van der Waals surface area contributed by atoms with E-state index in [1.165, 1.54) is 0 Å². The molecule has 3 saturated heterocycles. The summed E-state index contributed by atoms with van der Waals surface area (Å²) in [6, 6.07) is 7.37.